The second kappa shape index (κ2) is 8.00. The highest BCUT2D eigenvalue weighted by molar-refractivity contribution is 5.77. The Balaban J connectivity index is 1.69. The second-order valence-electron chi connectivity index (χ2n) is 5.63. The maximum Gasteiger partial charge on any atom is 0.234 e. The number of amides is 1. The van der Waals surface area contributed by atoms with E-state index in [1.807, 2.05) is 24.3 Å². The molecule has 3 rings (SSSR count). The van der Waals surface area contributed by atoms with Crippen molar-refractivity contribution >= 4 is 5.91 Å². The molecule has 0 saturated carbocycles. The van der Waals surface area contributed by atoms with E-state index in [1.165, 1.54) is 4.80 Å². The summed E-state index contributed by atoms with van der Waals surface area (Å²) in [6.45, 7) is 0.855. The molecule has 0 bridgehead atoms. The summed E-state index contributed by atoms with van der Waals surface area (Å²) in [6.07, 6.45) is 0. The molecular weight excluding hydrogens is 330 g/mol. The highest BCUT2D eigenvalue weighted by Gasteiger charge is 2.07. The average molecular weight is 347 g/mol. The maximum atomic E-state index is 11.3. The fraction of sp³-hybridized carbons (Fsp3) is 0.167. The summed E-state index contributed by atoms with van der Waals surface area (Å²) in [6, 6.07) is 16.9. The maximum absolute atomic E-state index is 11.3. The summed E-state index contributed by atoms with van der Waals surface area (Å²) in [7, 11) is 0. The predicted molar refractivity (Wildman–Crippen MR) is 94.4 cm³/mol. The smallest absolute Gasteiger partial charge is 0.234 e. The van der Waals surface area contributed by atoms with Gasteiger partial charge in [0.1, 0.15) is 0 Å². The fourth-order valence-electron chi connectivity index (χ4n) is 2.39. The molecule has 2 aromatic carbocycles. The van der Waals surface area contributed by atoms with E-state index in [4.69, 9.17) is 11.0 Å². The van der Waals surface area contributed by atoms with Crippen LogP contribution in [0.1, 0.15) is 16.7 Å². The van der Waals surface area contributed by atoms with E-state index in [-0.39, 0.29) is 12.5 Å². The molecule has 0 fully saturated rings. The summed E-state index contributed by atoms with van der Waals surface area (Å²) in [5.74, 6) is 0.307. The molecular formula is C18H17N7O. The van der Waals surface area contributed by atoms with Crippen molar-refractivity contribution in [3.63, 3.8) is 0 Å². The number of nitrogens with one attached hydrogen (secondary N) is 1. The molecule has 3 aromatic rings. The van der Waals surface area contributed by atoms with Crippen molar-refractivity contribution in [3.05, 3.63) is 65.2 Å². The van der Waals surface area contributed by atoms with Crippen LogP contribution < -0.4 is 11.1 Å². The molecule has 8 nitrogen and oxygen atoms in total. The second-order valence-corrected chi connectivity index (χ2v) is 5.63. The lowest BCUT2D eigenvalue weighted by atomic mass is 10.1. The van der Waals surface area contributed by atoms with Gasteiger partial charge in [0.25, 0.3) is 0 Å². The van der Waals surface area contributed by atoms with Crippen molar-refractivity contribution in [1.82, 2.24) is 25.5 Å². The molecule has 0 saturated heterocycles. The van der Waals surface area contributed by atoms with Crippen LogP contribution in [0.3, 0.4) is 0 Å². The lowest BCUT2D eigenvalue weighted by Gasteiger charge is -2.06. The number of carbonyl (C=O) groups is 1. The van der Waals surface area contributed by atoms with Gasteiger partial charge in [-0.15, -0.1) is 10.2 Å². The number of nitrogens with two attached hydrogens (primary N) is 1. The highest BCUT2D eigenvalue weighted by Crippen LogP contribution is 2.14. The minimum atomic E-state index is -0.194. The molecule has 1 amide bonds. The number of aromatic nitrogens is 4. The van der Waals surface area contributed by atoms with Gasteiger partial charge in [-0.2, -0.15) is 10.1 Å². The lowest BCUT2D eigenvalue weighted by Crippen LogP contribution is -2.29. The number of benzene rings is 2. The number of tetrazole rings is 1. The van der Waals surface area contributed by atoms with E-state index < -0.39 is 0 Å². The summed E-state index contributed by atoms with van der Waals surface area (Å²) in [5, 5.41) is 24.1. The van der Waals surface area contributed by atoms with E-state index >= 15 is 0 Å². The zero-order chi connectivity index (χ0) is 18.4. The van der Waals surface area contributed by atoms with E-state index in [0.29, 0.717) is 24.5 Å². The Morgan fingerprint density at radius 3 is 2.69 bits per heavy atom. The van der Waals surface area contributed by atoms with Crippen LogP contribution >= 0.6 is 0 Å². The van der Waals surface area contributed by atoms with Crippen molar-refractivity contribution in [2.24, 2.45) is 5.73 Å². The highest BCUT2D eigenvalue weighted by atomic mass is 16.1. The first-order valence-corrected chi connectivity index (χ1v) is 8.01. The fourth-order valence-corrected chi connectivity index (χ4v) is 2.39. The number of nitrogens with zero attached hydrogens (tertiary/aromatic N) is 5. The minimum Gasteiger partial charge on any atom is -0.351 e. The molecule has 130 valence electrons. The molecule has 1 aromatic heterocycles. The largest absolute Gasteiger partial charge is 0.351 e. The Labute approximate surface area is 150 Å². The molecule has 26 heavy (non-hydrogen) atoms. The van der Waals surface area contributed by atoms with Crippen LogP contribution in [0.4, 0.5) is 0 Å². The molecule has 1 heterocycles. The van der Waals surface area contributed by atoms with Crippen LogP contribution in [0.2, 0.25) is 0 Å². The van der Waals surface area contributed by atoms with Crippen molar-refractivity contribution < 1.29 is 4.79 Å². The summed E-state index contributed by atoms with van der Waals surface area (Å²) >= 11 is 0. The first-order valence-electron chi connectivity index (χ1n) is 8.01. The van der Waals surface area contributed by atoms with Gasteiger partial charge >= 0.3 is 0 Å². The van der Waals surface area contributed by atoms with Crippen molar-refractivity contribution in [2.45, 2.75) is 13.1 Å². The third-order valence-corrected chi connectivity index (χ3v) is 3.72. The molecule has 0 aliphatic carbocycles. The number of hydrogen-bond acceptors (Lipinski definition) is 6. The van der Waals surface area contributed by atoms with E-state index in [9.17, 15) is 4.79 Å². The van der Waals surface area contributed by atoms with Crippen LogP contribution in [0.5, 0.6) is 0 Å². The monoisotopic (exact) mass is 347 g/mol. The number of hydrogen-bond donors (Lipinski definition) is 2. The molecule has 8 heteroatoms. The quantitative estimate of drug-likeness (QED) is 0.681. The standard InChI is InChI=1S/C18H17N7O/c19-9-13-4-6-16(7-5-13)18-22-24-25(23-18)12-15-3-1-2-14(8-15)11-21-17(26)10-20/h1-8H,10-12,20H2,(H,21,26). The van der Waals surface area contributed by atoms with Crippen LogP contribution in [0, 0.1) is 11.3 Å². The van der Waals surface area contributed by atoms with Gasteiger partial charge in [0.05, 0.1) is 24.7 Å². The van der Waals surface area contributed by atoms with E-state index in [2.05, 4.69) is 26.8 Å². The topological polar surface area (TPSA) is 123 Å². The third-order valence-electron chi connectivity index (χ3n) is 3.72. The normalized spacial score (nSPS) is 10.3. The first-order chi connectivity index (χ1) is 12.7. The zero-order valence-corrected chi connectivity index (χ0v) is 14.0. The summed E-state index contributed by atoms with van der Waals surface area (Å²) in [4.78, 5) is 12.8. The SMILES string of the molecule is N#Cc1ccc(-c2nnn(Cc3cccc(CNC(=O)CN)c3)n2)cc1. The molecule has 0 spiro atoms. The lowest BCUT2D eigenvalue weighted by molar-refractivity contribution is -0.119. The van der Waals surface area contributed by atoms with Gasteiger partial charge in [-0.05, 0) is 40.6 Å². The number of carbonyl (C=O) groups excluding carboxylic acids is 1. The Kier molecular flexibility index (Phi) is 5.31. The summed E-state index contributed by atoms with van der Waals surface area (Å²) in [5.41, 5.74) is 8.63. The number of rotatable bonds is 6. The predicted octanol–water partition coefficient (Wildman–Crippen LogP) is 0.835. The van der Waals surface area contributed by atoms with Gasteiger partial charge < -0.3 is 11.1 Å². The molecule has 0 aliphatic heterocycles. The van der Waals surface area contributed by atoms with Gasteiger partial charge in [-0.25, -0.2) is 0 Å². The Hall–Kier alpha value is -3.57. The Morgan fingerprint density at radius 1 is 1.19 bits per heavy atom. The Morgan fingerprint density at radius 2 is 1.96 bits per heavy atom. The first kappa shape index (κ1) is 17.3. The molecule has 0 unspecified atom stereocenters. The molecule has 0 radical (unpaired) electrons. The molecule has 3 N–H and O–H groups in total. The number of nitriles is 1. The Bertz CT molecular complexity index is 941. The minimum absolute atomic E-state index is 0.0271. The van der Waals surface area contributed by atoms with Crippen LogP contribution in [-0.2, 0) is 17.9 Å². The van der Waals surface area contributed by atoms with Gasteiger partial charge in [0.2, 0.25) is 11.7 Å². The van der Waals surface area contributed by atoms with Crippen LogP contribution in [0.25, 0.3) is 11.4 Å². The van der Waals surface area contributed by atoms with Crippen LogP contribution in [-0.4, -0.2) is 32.7 Å². The zero-order valence-electron chi connectivity index (χ0n) is 14.0. The third kappa shape index (κ3) is 4.28. The van der Waals surface area contributed by atoms with Crippen LogP contribution in [0.15, 0.2) is 48.5 Å². The molecule has 0 aliphatic rings. The van der Waals surface area contributed by atoms with Crippen molar-refractivity contribution in [2.75, 3.05) is 6.54 Å². The van der Waals surface area contributed by atoms with Gasteiger partial charge in [-0.3, -0.25) is 4.79 Å². The van der Waals surface area contributed by atoms with Gasteiger partial charge in [-0.1, -0.05) is 24.3 Å². The van der Waals surface area contributed by atoms with Gasteiger partial charge in [0.15, 0.2) is 0 Å². The summed E-state index contributed by atoms with van der Waals surface area (Å²) < 4.78 is 0. The van der Waals surface area contributed by atoms with Crippen molar-refractivity contribution in [1.29, 1.82) is 5.26 Å². The van der Waals surface area contributed by atoms with E-state index in [0.717, 1.165) is 16.7 Å². The average Bonchev–Trinajstić information content (AvgIpc) is 3.15. The van der Waals surface area contributed by atoms with Gasteiger partial charge in [0, 0.05) is 12.1 Å². The van der Waals surface area contributed by atoms with E-state index in [1.54, 1.807) is 24.3 Å². The molecule has 0 atom stereocenters. The van der Waals surface area contributed by atoms with Crippen molar-refractivity contribution in [3.8, 4) is 17.5 Å².